The van der Waals surface area contributed by atoms with Crippen LogP contribution in [0.15, 0.2) is 18.2 Å². The maximum absolute atomic E-state index is 12.2. The number of rotatable bonds is 7. The van der Waals surface area contributed by atoms with Crippen molar-refractivity contribution in [1.82, 2.24) is 10.6 Å². The second kappa shape index (κ2) is 9.27. The van der Waals surface area contributed by atoms with E-state index >= 15 is 0 Å². The molecule has 3 amide bonds. The Balaban J connectivity index is 2.05. The molecule has 7 nitrogen and oxygen atoms in total. The summed E-state index contributed by atoms with van der Waals surface area (Å²) in [5, 5.41) is 5.05. The van der Waals surface area contributed by atoms with Crippen LogP contribution in [-0.2, 0) is 4.79 Å². The van der Waals surface area contributed by atoms with Gasteiger partial charge in [0.2, 0.25) is 0 Å². The smallest absolute Gasteiger partial charge is 0.321 e. The number of urea groups is 1. The van der Waals surface area contributed by atoms with Crippen molar-refractivity contribution in [2.75, 3.05) is 33.9 Å². The van der Waals surface area contributed by atoms with E-state index in [0.29, 0.717) is 6.54 Å². The Hall–Kier alpha value is -2.28. The monoisotopic (exact) mass is 350 g/mol. The first-order valence-electron chi connectivity index (χ1n) is 8.73. The molecule has 25 heavy (non-hydrogen) atoms. The predicted octanol–water partition coefficient (Wildman–Crippen LogP) is 0.659. The molecule has 0 bridgehead atoms. The molecule has 0 aromatic heterocycles. The fourth-order valence-corrected chi connectivity index (χ4v) is 3.27. The van der Waals surface area contributed by atoms with E-state index in [9.17, 15) is 9.59 Å². The van der Waals surface area contributed by atoms with Gasteiger partial charge in [-0.05, 0) is 24.6 Å². The molecule has 0 radical (unpaired) electrons. The predicted molar refractivity (Wildman–Crippen MR) is 94.1 cm³/mol. The lowest BCUT2D eigenvalue weighted by molar-refractivity contribution is -0.910. The maximum atomic E-state index is 12.2. The summed E-state index contributed by atoms with van der Waals surface area (Å²) in [4.78, 5) is 24.9. The number of hydrogen-bond acceptors (Lipinski definition) is 4. The van der Waals surface area contributed by atoms with Crippen LogP contribution in [0.25, 0.3) is 0 Å². The number of likely N-dealkylation sites (tertiary alicyclic amines) is 1. The lowest BCUT2D eigenvalue weighted by atomic mass is 10.0. The third kappa shape index (κ3) is 5.09. The highest BCUT2D eigenvalue weighted by Crippen LogP contribution is 2.31. The summed E-state index contributed by atoms with van der Waals surface area (Å²) < 4.78 is 10.8. The molecule has 3 N–H and O–H groups in total. The van der Waals surface area contributed by atoms with Crippen LogP contribution in [0.3, 0.4) is 0 Å². The van der Waals surface area contributed by atoms with Gasteiger partial charge in [0.1, 0.15) is 17.5 Å². The second-order valence-corrected chi connectivity index (χ2v) is 6.19. The van der Waals surface area contributed by atoms with Crippen LogP contribution < -0.4 is 25.0 Å². The quantitative estimate of drug-likeness (QED) is 0.675. The number of carbonyl (C=O) groups excluding carboxylic acids is 2. The van der Waals surface area contributed by atoms with Gasteiger partial charge in [-0.15, -0.1) is 0 Å². The van der Waals surface area contributed by atoms with Gasteiger partial charge in [-0.1, -0.05) is 6.92 Å². The zero-order chi connectivity index (χ0) is 18.2. The zero-order valence-electron chi connectivity index (χ0n) is 15.2. The van der Waals surface area contributed by atoms with Crippen molar-refractivity contribution in [2.45, 2.75) is 32.2 Å². The number of ether oxygens (including phenoxy) is 2. The Labute approximate surface area is 148 Å². The molecule has 7 heteroatoms. The summed E-state index contributed by atoms with van der Waals surface area (Å²) in [5.74, 6) is 1.30. The first-order chi connectivity index (χ1) is 12.1. The van der Waals surface area contributed by atoms with Crippen molar-refractivity contribution in [3.63, 3.8) is 0 Å². The first-order valence-corrected chi connectivity index (χ1v) is 8.73. The first kappa shape index (κ1) is 19.1. The number of benzene rings is 1. The van der Waals surface area contributed by atoms with E-state index in [0.717, 1.165) is 47.8 Å². The van der Waals surface area contributed by atoms with Crippen LogP contribution in [0.5, 0.6) is 11.5 Å². The van der Waals surface area contributed by atoms with Crippen molar-refractivity contribution in [3.05, 3.63) is 23.8 Å². The van der Waals surface area contributed by atoms with Gasteiger partial charge in [-0.25, -0.2) is 4.79 Å². The Morgan fingerprint density at radius 1 is 1.28 bits per heavy atom. The number of hydrogen-bond donors (Lipinski definition) is 3. The SMILES string of the molecule is CCCNC(=O)NC(=O)C[NH+]1CCC[C@H]1c1cc(OC)ccc1OC. The molecule has 1 saturated heterocycles. The van der Waals surface area contributed by atoms with Crippen molar-refractivity contribution in [2.24, 2.45) is 0 Å². The molecule has 2 rings (SSSR count). The highest BCUT2D eigenvalue weighted by atomic mass is 16.5. The van der Waals surface area contributed by atoms with Crippen molar-refractivity contribution in [1.29, 1.82) is 0 Å². The minimum Gasteiger partial charge on any atom is -0.497 e. The van der Waals surface area contributed by atoms with E-state index in [4.69, 9.17) is 9.47 Å². The van der Waals surface area contributed by atoms with E-state index in [2.05, 4.69) is 10.6 Å². The summed E-state index contributed by atoms with van der Waals surface area (Å²) >= 11 is 0. The molecule has 1 fully saturated rings. The highest BCUT2D eigenvalue weighted by molar-refractivity contribution is 5.94. The van der Waals surface area contributed by atoms with Crippen molar-refractivity contribution < 1.29 is 24.0 Å². The van der Waals surface area contributed by atoms with E-state index in [1.807, 2.05) is 25.1 Å². The largest absolute Gasteiger partial charge is 0.497 e. The average Bonchev–Trinajstić information content (AvgIpc) is 3.06. The van der Waals surface area contributed by atoms with Gasteiger partial charge in [-0.3, -0.25) is 10.1 Å². The van der Waals surface area contributed by atoms with Crippen LogP contribution in [-0.4, -0.2) is 45.8 Å². The minimum absolute atomic E-state index is 0.148. The number of nitrogens with one attached hydrogen (secondary N) is 3. The van der Waals surface area contributed by atoms with Crippen molar-refractivity contribution in [3.8, 4) is 11.5 Å². The van der Waals surface area contributed by atoms with E-state index in [-0.39, 0.29) is 18.5 Å². The summed E-state index contributed by atoms with van der Waals surface area (Å²) in [5.41, 5.74) is 1.04. The maximum Gasteiger partial charge on any atom is 0.321 e. The molecular formula is C18H28N3O4+. The van der Waals surface area contributed by atoms with Gasteiger partial charge in [0.25, 0.3) is 5.91 Å². The lowest BCUT2D eigenvalue weighted by Gasteiger charge is -2.23. The van der Waals surface area contributed by atoms with Gasteiger partial charge in [0.15, 0.2) is 6.54 Å². The number of carbonyl (C=O) groups is 2. The second-order valence-electron chi connectivity index (χ2n) is 6.19. The number of methoxy groups -OCH3 is 2. The van der Waals surface area contributed by atoms with E-state index < -0.39 is 6.03 Å². The molecule has 1 unspecified atom stereocenters. The molecule has 138 valence electrons. The Morgan fingerprint density at radius 3 is 2.76 bits per heavy atom. The molecule has 2 atom stereocenters. The fraction of sp³-hybridized carbons (Fsp3) is 0.556. The van der Waals surface area contributed by atoms with Crippen LogP contribution in [0.1, 0.15) is 37.8 Å². The normalized spacial score (nSPS) is 19.3. The van der Waals surface area contributed by atoms with E-state index in [1.54, 1.807) is 14.2 Å². The third-order valence-corrected chi connectivity index (χ3v) is 4.47. The zero-order valence-corrected chi connectivity index (χ0v) is 15.2. The molecule has 1 aliphatic heterocycles. The van der Waals surface area contributed by atoms with Gasteiger partial charge in [0, 0.05) is 19.4 Å². The Kier molecular flexibility index (Phi) is 7.06. The van der Waals surface area contributed by atoms with Gasteiger partial charge < -0.3 is 19.7 Å². The van der Waals surface area contributed by atoms with Crippen LogP contribution >= 0.6 is 0 Å². The Morgan fingerprint density at radius 2 is 2.08 bits per heavy atom. The molecule has 0 saturated carbocycles. The van der Waals surface area contributed by atoms with Gasteiger partial charge >= 0.3 is 6.03 Å². The molecule has 0 aliphatic carbocycles. The molecular weight excluding hydrogens is 322 g/mol. The summed E-state index contributed by atoms with van der Waals surface area (Å²) in [7, 11) is 3.28. The molecule has 1 aliphatic rings. The van der Waals surface area contributed by atoms with Crippen LogP contribution in [0.4, 0.5) is 4.79 Å². The third-order valence-electron chi connectivity index (χ3n) is 4.47. The molecule has 1 aromatic rings. The molecule has 1 heterocycles. The number of quaternary nitrogens is 1. The number of imide groups is 1. The molecule has 1 aromatic carbocycles. The topological polar surface area (TPSA) is 81.1 Å². The van der Waals surface area contributed by atoms with Gasteiger partial charge in [-0.2, -0.15) is 0 Å². The van der Waals surface area contributed by atoms with Crippen molar-refractivity contribution >= 4 is 11.9 Å². The summed E-state index contributed by atoms with van der Waals surface area (Å²) in [6, 6.07) is 5.44. The van der Waals surface area contributed by atoms with Gasteiger partial charge in [0.05, 0.1) is 26.3 Å². The van der Waals surface area contributed by atoms with Crippen LogP contribution in [0, 0.1) is 0 Å². The standard InChI is InChI=1S/C18H27N3O4/c1-4-9-19-18(23)20-17(22)12-21-10-5-6-15(21)14-11-13(24-2)7-8-16(14)25-3/h7-8,11,15H,4-6,9-10,12H2,1-3H3,(H2,19,20,22,23)/p+1/t15-/m0/s1. The lowest BCUT2D eigenvalue weighted by Crippen LogP contribution is -3.11. The summed E-state index contributed by atoms with van der Waals surface area (Å²) in [6.45, 7) is 3.65. The number of amides is 3. The van der Waals surface area contributed by atoms with E-state index in [1.165, 1.54) is 0 Å². The summed E-state index contributed by atoms with van der Waals surface area (Å²) in [6.07, 6.45) is 2.82. The fourth-order valence-electron chi connectivity index (χ4n) is 3.27. The minimum atomic E-state index is -0.430. The van der Waals surface area contributed by atoms with Crippen LogP contribution in [0.2, 0.25) is 0 Å². The average molecular weight is 350 g/mol. The highest BCUT2D eigenvalue weighted by Gasteiger charge is 2.34. The Bertz CT molecular complexity index is 606. The molecule has 0 spiro atoms.